The average molecular weight is 236 g/mol. The Kier molecular flexibility index (Phi) is 4.35. The summed E-state index contributed by atoms with van der Waals surface area (Å²) in [5, 5.41) is 8.81. The summed E-state index contributed by atoms with van der Waals surface area (Å²) in [6, 6.07) is 5.28. The molecule has 0 aliphatic heterocycles. The van der Waals surface area contributed by atoms with Crippen LogP contribution in [0, 0.1) is 11.3 Å². The van der Waals surface area contributed by atoms with Crippen LogP contribution in [0.15, 0.2) is 17.0 Å². The predicted molar refractivity (Wildman–Crippen MR) is 62.0 cm³/mol. The molecule has 1 rings (SSSR count). The van der Waals surface area contributed by atoms with E-state index in [1.54, 1.807) is 12.1 Å². The molecule has 0 heterocycles. The van der Waals surface area contributed by atoms with Crippen molar-refractivity contribution in [3.8, 4) is 6.07 Å². The maximum absolute atomic E-state index is 11.2. The number of hydrogen-bond donors (Lipinski definition) is 2. The summed E-state index contributed by atoms with van der Waals surface area (Å²) in [4.78, 5) is 11.8. The number of nitriles is 1. The van der Waals surface area contributed by atoms with E-state index >= 15 is 0 Å². The topological polar surface area (TPSA) is 76.1 Å². The number of benzene rings is 1. The molecular formula is C11H12N2O2S. The van der Waals surface area contributed by atoms with Gasteiger partial charge < -0.3 is 10.5 Å². The van der Waals surface area contributed by atoms with Crippen LogP contribution in [-0.4, -0.2) is 13.1 Å². The summed E-state index contributed by atoms with van der Waals surface area (Å²) >= 11 is 4.24. The molecular weight excluding hydrogens is 224 g/mol. The number of nitrogens with two attached hydrogens (primary N) is 1. The second-order valence-electron chi connectivity index (χ2n) is 3.20. The second kappa shape index (κ2) is 5.54. The quantitative estimate of drug-likeness (QED) is 0.607. The van der Waals surface area contributed by atoms with E-state index < -0.39 is 0 Å². The van der Waals surface area contributed by atoms with Crippen molar-refractivity contribution in [3.63, 3.8) is 0 Å². The fraction of sp³-hybridized carbons (Fsp3) is 0.273. The Morgan fingerprint density at radius 1 is 1.62 bits per heavy atom. The van der Waals surface area contributed by atoms with Crippen LogP contribution in [0.5, 0.6) is 0 Å². The van der Waals surface area contributed by atoms with Crippen LogP contribution in [0.1, 0.15) is 16.7 Å². The average Bonchev–Trinajstić information content (AvgIpc) is 2.28. The molecule has 84 valence electrons. The van der Waals surface area contributed by atoms with Gasteiger partial charge in [-0.15, -0.1) is 12.6 Å². The molecule has 0 saturated carbocycles. The first-order chi connectivity index (χ1) is 7.62. The monoisotopic (exact) mass is 236 g/mol. The number of carbonyl (C=O) groups is 1. The lowest BCUT2D eigenvalue weighted by Crippen LogP contribution is -2.10. The number of nitrogens with zero attached hydrogens (tertiary/aromatic N) is 1. The Bertz CT molecular complexity index is 452. The number of thiol groups is 1. The molecule has 16 heavy (non-hydrogen) atoms. The summed E-state index contributed by atoms with van der Waals surface area (Å²) in [5.74, 6) is -0.363. The molecule has 0 amide bonds. The van der Waals surface area contributed by atoms with E-state index in [0.29, 0.717) is 16.0 Å². The van der Waals surface area contributed by atoms with Crippen LogP contribution >= 0.6 is 12.6 Å². The van der Waals surface area contributed by atoms with Crippen molar-refractivity contribution in [2.45, 2.75) is 17.9 Å². The minimum absolute atomic E-state index is 0.103. The zero-order valence-corrected chi connectivity index (χ0v) is 9.75. The number of hydrogen-bond acceptors (Lipinski definition) is 5. The third-order valence-electron chi connectivity index (χ3n) is 2.21. The summed E-state index contributed by atoms with van der Waals surface area (Å²) < 4.78 is 4.58. The van der Waals surface area contributed by atoms with E-state index in [1.165, 1.54) is 7.11 Å². The molecule has 0 radical (unpaired) electrons. The number of rotatable bonds is 3. The van der Waals surface area contributed by atoms with Crippen molar-refractivity contribution in [3.05, 3.63) is 28.8 Å². The fourth-order valence-electron chi connectivity index (χ4n) is 1.40. The highest BCUT2D eigenvalue weighted by Gasteiger charge is 2.11. The van der Waals surface area contributed by atoms with Gasteiger partial charge >= 0.3 is 5.97 Å². The minimum atomic E-state index is -0.363. The van der Waals surface area contributed by atoms with E-state index in [2.05, 4.69) is 17.4 Å². The lowest BCUT2D eigenvalue weighted by atomic mass is 10.0. The smallest absolute Gasteiger partial charge is 0.309 e. The van der Waals surface area contributed by atoms with Gasteiger partial charge in [0.1, 0.15) is 0 Å². The van der Waals surface area contributed by atoms with Gasteiger partial charge in [0, 0.05) is 11.4 Å². The molecule has 2 N–H and O–H groups in total. The maximum atomic E-state index is 11.2. The molecule has 0 fully saturated rings. The Labute approximate surface area is 99.4 Å². The van der Waals surface area contributed by atoms with Gasteiger partial charge in [0.2, 0.25) is 0 Å². The largest absolute Gasteiger partial charge is 0.469 e. The first-order valence-electron chi connectivity index (χ1n) is 4.64. The van der Waals surface area contributed by atoms with Crippen LogP contribution in [0.4, 0.5) is 0 Å². The van der Waals surface area contributed by atoms with E-state index in [-0.39, 0.29) is 18.9 Å². The summed E-state index contributed by atoms with van der Waals surface area (Å²) in [7, 11) is 1.32. The first-order valence-corrected chi connectivity index (χ1v) is 5.08. The lowest BCUT2D eigenvalue weighted by molar-refractivity contribution is -0.139. The number of methoxy groups -OCH3 is 1. The molecule has 0 unspecified atom stereocenters. The van der Waals surface area contributed by atoms with Gasteiger partial charge in [-0.05, 0) is 23.3 Å². The molecule has 1 aromatic rings. The van der Waals surface area contributed by atoms with Crippen molar-refractivity contribution < 1.29 is 9.53 Å². The highest BCUT2D eigenvalue weighted by atomic mass is 32.1. The standard InChI is InChI=1S/C11H12N2O2S/c1-15-11(14)4-8-2-7(5-12)3-10(16)9(8)6-13/h2-3,16H,4,6,13H2,1H3. The molecule has 0 aliphatic carbocycles. The molecule has 5 heteroatoms. The molecule has 0 aliphatic rings. The lowest BCUT2D eigenvalue weighted by Gasteiger charge is -2.10. The van der Waals surface area contributed by atoms with Crippen molar-refractivity contribution >= 4 is 18.6 Å². The van der Waals surface area contributed by atoms with Crippen LogP contribution in [0.2, 0.25) is 0 Å². The van der Waals surface area contributed by atoms with Gasteiger partial charge in [0.15, 0.2) is 0 Å². The SMILES string of the molecule is COC(=O)Cc1cc(C#N)cc(S)c1CN. The molecule has 0 bridgehead atoms. The highest BCUT2D eigenvalue weighted by Crippen LogP contribution is 2.21. The normalized spacial score (nSPS) is 9.62. The first kappa shape index (κ1) is 12.6. The van der Waals surface area contributed by atoms with Gasteiger partial charge in [0.25, 0.3) is 0 Å². The number of esters is 1. The molecule has 0 spiro atoms. The molecule has 1 aromatic carbocycles. The maximum Gasteiger partial charge on any atom is 0.309 e. The van der Waals surface area contributed by atoms with Crippen molar-refractivity contribution in [1.29, 1.82) is 5.26 Å². The predicted octanol–water partition coefficient (Wildman–Crippen LogP) is 1.02. The zero-order valence-electron chi connectivity index (χ0n) is 8.86. The molecule has 0 saturated heterocycles. The van der Waals surface area contributed by atoms with Crippen molar-refractivity contribution in [2.75, 3.05) is 7.11 Å². The van der Waals surface area contributed by atoms with E-state index in [0.717, 1.165) is 5.56 Å². The minimum Gasteiger partial charge on any atom is -0.469 e. The van der Waals surface area contributed by atoms with E-state index in [9.17, 15) is 4.79 Å². The molecule has 0 atom stereocenters. The van der Waals surface area contributed by atoms with Crippen LogP contribution in [0.3, 0.4) is 0 Å². The molecule has 0 aromatic heterocycles. The van der Waals surface area contributed by atoms with Gasteiger partial charge in [-0.1, -0.05) is 0 Å². The Morgan fingerprint density at radius 2 is 2.31 bits per heavy atom. The van der Waals surface area contributed by atoms with Crippen LogP contribution < -0.4 is 5.73 Å². The van der Waals surface area contributed by atoms with Crippen LogP contribution in [0.25, 0.3) is 0 Å². The van der Waals surface area contributed by atoms with Gasteiger partial charge in [-0.3, -0.25) is 4.79 Å². The van der Waals surface area contributed by atoms with E-state index in [4.69, 9.17) is 11.0 Å². The highest BCUT2D eigenvalue weighted by molar-refractivity contribution is 7.80. The number of ether oxygens (including phenoxy) is 1. The van der Waals surface area contributed by atoms with E-state index in [1.807, 2.05) is 6.07 Å². The summed E-state index contributed by atoms with van der Waals surface area (Å²) in [6.45, 7) is 0.275. The van der Waals surface area contributed by atoms with Crippen molar-refractivity contribution in [2.24, 2.45) is 5.73 Å². The zero-order chi connectivity index (χ0) is 12.1. The van der Waals surface area contributed by atoms with Gasteiger partial charge in [-0.2, -0.15) is 5.26 Å². The fourth-order valence-corrected chi connectivity index (χ4v) is 1.77. The Hall–Kier alpha value is -1.51. The van der Waals surface area contributed by atoms with Crippen LogP contribution in [-0.2, 0) is 22.5 Å². The summed E-state index contributed by atoms with van der Waals surface area (Å²) in [5.41, 5.74) is 7.50. The second-order valence-corrected chi connectivity index (χ2v) is 3.68. The van der Waals surface area contributed by atoms with Gasteiger partial charge in [0.05, 0.1) is 25.2 Å². The Morgan fingerprint density at radius 3 is 2.81 bits per heavy atom. The van der Waals surface area contributed by atoms with Gasteiger partial charge in [-0.25, -0.2) is 0 Å². The third kappa shape index (κ3) is 2.75. The number of carbonyl (C=O) groups excluding carboxylic acids is 1. The Balaban J connectivity index is 3.19. The third-order valence-corrected chi connectivity index (χ3v) is 2.61. The van der Waals surface area contributed by atoms with Crippen molar-refractivity contribution in [1.82, 2.24) is 0 Å². The molecule has 4 nitrogen and oxygen atoms in total. The summed E-state index contributed by atoms with van der Waals surface area (Å²) in [6.07, 6.45) is 0.103.